The van der Waals surface area contributed by atoms with Crippen LogP contribution in [-0.4, -0.2) is 59.1 Å². The van der Waals surface area contributed by atoms with E-state index >= 15 is 0 Å². The van der Waals surface area contributed by atoms with Gasteiger partial charge in [-0.25, -0.2) is 14.4 Å². The number of benzene rings is 1. The van der Waals surface area contributed by atoms with E-state index < -0.39 is 45.9 Å². The molecule has 37 heavy (non-hydrogen) atoms. The number of ether oxygens (including phenoxy) is 3. The summed E-state index contributed by atoms with van der Waals surface area (Å²) < 4.78 is 15.3. The van der Waals surface area contributed by atoms with Gasteiger partial charge in [0.2, 0.25) is 0 Å². The maximum absolute atomic E-state index is 12.6. The number of carbonyl (C=O) groups is 3. The van der Waals surface area contributed by atoms with Crippen LogP contribution in [0.4, 0.5) is 15.3 Å². The van der Waals surface area contributed by atoms with Gasteiger partial charge in [0.15, 0.2) is 0 Å². The van der Waals surface area contributed by atoms with Crippen LogP contribution in [0, 0.1) is 20.2 Å². The molecule has 0 radical (unpaired) electrons. The number of nitro groups is 1. The van der Waals surface area contributed by atoms with Gasteiger partial charge in [-0.1, -0.05) is 13.3 Å². The van der Waals surface area contributed by atoms with Crippen molar-refractivity contribution in [2.45, 2.75) is 71.1 Å². The van der Waals surface area contributed by atoms with Gasteiger partial charge in [0.1, 0.15) is 23.5 Å². The van der Waals surface area contributed by atoms with Gasteiger partial charge in [-0.05, 0) is 45.7 Å². The number of esters is 1. The highest BCUT2D eigenvalue weighted by Gasteiger charge is 2.29. The van der Waals surface area contributed by atoms with Crippen LogP contribution < -0.4 is 15.4 Å². The van der Waals surface area contributed by atoms with Crippen molar-refractivity contribution in [1.82, 2.24) is 10.6 Å². The Balaban J connectivity index is 2.88. The van der Waals surface area contributed by atoms with Crippen LogP contribution in [0.25, 0.3) is 0 Å². The van der Waals surface area contributed by atoms with Crippen molar-refractivity contribution in [3.63, 3.8) is 0 Å². The highest BCUT2D eigenvalue weighted by atomic mass is 17.0. The highest BCUT2D eigenvalue weighted by molar-refractivity contribution is 5.82. The summed E-state index contributed by atoms with van der Waals surface area (Å²) in [6.07, 6.45) is -2.24. The molecule has 15 heteroatoms. The first kappa shape index (κ1) is 30.9. The second kappa shape index (κ2) is 15.1. The zero-order valence-electron chi connectivity index (χ0n) is 21.1. The average Bonchev–Trinajstić information content (AvgIpc) is 2.77. The van der Waals surface area contributed by atoms with Gasteiger partial charge in [0, 0.05) is 25.1 Å². The molecule has 0 bridgehead atoms. The van der Waals surface area contributed by atoms with Crippen LogP contribution in [0.2, 0.25) is 0 Å². The predicted octanol–water partition coefficient (Wildman–Crippen LogP) is 3.28. The minimum Gasteiger partial charge on any atom is -0.464 e. The molecule has 0 aliphatic heterocycles. The Bertz CT molecular complexity index is 932. The van der Waals surface area contributed by atoms with E-state index in [9.17, 15) is 34.6 Å². The molecule has 206 valence electrons. The molecule has 15 nitrogen and oxygen atoms in total. The van der Waals surface area contributed by atoms with Crippen molar-refractivity contribution in [2.75, 3.05) is 13.2 Å². The molecule has 1 aromatic rings. The number of rotatable bonds is 14. The van der Waals surface area contributed by atoms with Crippen molar-refractivity contribution in [3.8, 4) is 5.75 Å². The van der Waals surface area contributed by atoms with Crippen molar-refractivity contribution in [2.24, 2.45) is 0 Å². The second-order valence-electron chi connectivity index (χ2n) is 8.76. The molecular weight excluding hydrogens is 496 g/mol. The van der Waals surface area contributed by atoms with Gasteiger partial charge in [0.25, 0.3) is 10.8 Å². The van der Waals surface area contributed by atoms with Gasteiger partial charge >= 0.3 is 18.2 Å². The predicted molar refractivity (Wildman–Crippen MR) is 127 cm³/mol. The van der Waals surface area contributed by atoms with Gasteiger partial charge in [-0.15, -0.1) is 10.1 Å². The number of non-ortho nitro benzene ring substituents is 1. The quantitative estimate of drug-likeness (QED) is 0.155. The van der Waals surface area contributed by atoms with Crippen LogP contribution in [-0.2, 0) is 19.1 Å². The number of nitrogens with zero attached hydrogens (tertiary/aromatic N) is 2. The molecule has 0 aliphatic rings. The molecule has 2 unspecified atom stereocenters. The molecule has 0 fully saturated rings. The maximum Gasteiger partial charge on any atom is 0.413 e. The van der Waals surface area contributed by atoms with Gasteiger partial charge < -0.3 is 29.7 Å². The fourth-order valence-electron chi connectivity index (χ4n) is 2.79. The Hall–Kier alpha value is -4.17. The average molecular weight is 529 g/mol. The largest absolute Gasteiger partial charge is 0.464 e. The van der Waals surface area contributed by atoms with E-state index in [1.807, 2.05) is 6.92 Å². The molecular formula is C22H32N4O11. The zero-order chi connectivity index (χ0) is 28.0. The number of carbonyl (C=O) groups excluding carboxylic acids is 3. The van der Waals surface area contributed by atoms with Crippen LogP contribution in [0.1, 0.15) is 53.4 Å². The number of hydrogen-bond acceptors (Lipinski definition) is 11. The molecule has 0 aromatic heterocycles. The molecule has 2 atom stereocenters. The molecule has 0 saturated heterocycles. The molecule has 1 rings (SSSR count). The summed E-state index contributed by atoms with van der Waals surface area (Å²) in [6.45, 7) is 6.86. The standard InChI is InChI=1S/C22H32N4O11/c1-5-6-13-34-19(27)18(24-21(29)35-16-9-7-15(8-10-16)25(30)31)14-17(37-26(32)33)11-12-23-20(28)36-22(2,3)4/h7-10,17-18H,5-6,11-14H2,1-4H3,(H,23,28)(H,24,29). The molecule has 0 aliphatic carbocycles. The smallest absolute Gasteiger partial charge is 0.413 e. The van der Waals surface area contributed by atoms with E-state index in [2.05, 4.69) is 15.5 Å². The lowest BCUT2D eigenvalue weighted by atomic mass is 10.1. The van der Waals surface area contributed by atoms with Crippen molar-refractivity contribution in [1.29, 1.82) is 0 Å². The zero-order valence-corrected chi connectivity index (χ0v) is 21.1. The molecule has 0 saturated carbocycles. The van der Waals surface area contributed by atoms with Crippen LogP contribution in [0.5, 0.6) is 5.75 Å². The number of unbranched alkanes of at least 4 members (excludes halogenated alkanes) is 1. The summed E-state index contributed by atoms with van der Waals surface area (Å²) in [6, 6.07) is 3.23. The summed E-state index contributed by atoms with van der Waals surface area (Å²) in [5, 5.41) is 25.4. The third kappa shape index (κ3) is 13.5. The number of amides is 2. The van der Waals surface area contributed by atoms with E-state index in [0.29, 0.717) is 6.42 Å². The van der Waals surface area contributed by atoms with E-state index in [1.165, 1.54) is 12.1 Å². The molecule has 0 spiro atoms. The number of nitrogens with one attached hydrogen (secondary N) is 2. The minimum atomic E-state index is -1.39. The molecule has 0 heterocycles. The Morgan fingerprint density at radius 2 is 1.70 bits per heavy atom. The third-order valence-corrected chi connectivity index (χ3v) is 4.45. The summed E-state index contributed by atoms with van der Waals surface area (Å²) in [5.41, 5.74) is -0.966. The number of hydrogen-bond donors (Lipinski definition) is 2. The van der Waals surface area contributed by atoms with Crippen molar-refractivity contribution >= 4 is 23.8 Å². The fraction of sp³-hybridized carbons (Fsp3) is 0.591. The van der Waals surface area contributed by atoms with Crippen LogP contribution in [0.3, 0.4) is 0 Å². The van der Waals surface area contributed by atoms with Gasteiger partial charge in [0.05, 0.1) is 11.5 Å². The van der Waals surface area contributed by atoms with Crippen molar-refractivity contribution < 1.29 is 43.4 Å². The lowest BCUT2D eigenvalue weighted by Gasteiger charge is -2.23. The summed E-state index contributed by atoms with van der Waals surface area (Å²) in [4.78, 5) is 62.6. The Labute approximate surface area is 213 Å². The first-order chi connectivity index (χ1) is 17.3. The SMILES string of the molecule is CCCCOC(=O)C(CC(CCNC(=O)OC(C)(C)C)O[N+](=O)[O-])NC(=O)Oc1ccc([N+](=O)[O-])cc1. The molecule has 2 amide bonds. The monoisotopic (exact) mass is 528 g/mol. The second-order valence-corrected chi connectivity index (χ2v) is 8.76. The number of nitro benzene ring substituents is 1. The topological polar surface area (TPSA) is 198 Å². The van der Waals surface area contributed by atoms with Crippen LogP contribution >= 0.6 is 0 Å². The normalized spacial score (nSPS) is 12.4. The third-order valence-electron chi connectivity index (χ3n) is 4.45. The highest BCUT2D eigenvalue weighted by Crippen LogP contribution is 2.18. The van der Waals surface area contributed by atoms with E-state index in [1.54, 1.807) is 20.8 Å². The molecule has 1 aromatic carbocycles. The van der Waals surface area contributed by atoms with Gasteiger partial charge in [-0.3, -0.25) is 10.1 Å². The van der Waals surface area contributed by atoms with Gasteiger partial charge in [-0.2, -0.15) is 0 Å². The first-order valence-electron chi connectivity index (χ1n) is 11.5. The lowest BCUT2D eigenvalue weighted by molar-refractivity contribution is -0.769. The van der Waals surface area contributed by atoms with E-state index in [0.717, 1.165) is 18.6 Å². The van der Waals surface area contributed by atoms with Crippen LogP contribution in [0.15, 0.2) is 24.3 Å². The Kier molecular flexibility index (Phi) is 12.6. The first-order valence-corrected chi connectivity index (χ1v) is 11.5. The van der Waals surface area contributed by atoms with Crippen molar-refractivity contribution in [3.05, 3.63) is 44.5 Å². The fourth-order valence-corrected chi connectivity index (χ4v) is 2.79. The summed E-state index contributed by atoms with van der Waals surface area (Å²) in [7, 11) is 0. The summed E-state index contributed by atoms with van der Waals surface area (Å²) >= 11 is 0. The minimum absolute atomic E-state index is 0.0409. The number of alkyl carbamates (subject to hydrolysis) is 1. The molecule has 2 N–H and O–H groups in total. The Morgan fingerprint density at radius 1 is 1.05 bits per heavy atom. The lowest BCUT2D eigenvalue weighted by Crippen LogP contribution is -2.46. The Morgan fingerprint density at radius 3 is 2.24 bits per heavy atom. The summed E-state index contributed by atoms with van der Waals surface area (Å²) in [5.74, 6) is -0.910. The van der Waals surface area contributed by atoms with E-state index in [-0.39, 0.29) is 37.4 Å². The maximum atomic E-state index is 12.6. The van der Waals surface area contributed by atoms with E-state index in [4.69, 9.17) is 14.2 Å².